The van der Waals surface area contributed by atoms with Crippen LogP contribution >= 0.6 is 0 Å². The molecule has 0 unspecified atom stereocenters. The van der Waals surface area contributed by atoms with Crippen LogP contribution in [-0.4, -0.2) is 13.1 Å². The number of rotatable bonds is 1. The first-order valence-corrected chi connectivity index (χ1v) is 3.70. The van der Waals surface area contributed by atoms with Gasteiger partial charge < -0.3 is 4.74 Å². The second-order valence-corrected chi connectivity index (χ2v) is 2.57. The van der Waals surface area contributed by atoms with Gasteiger partial charge in [-0.15, -0.1) is 0 Å². The Kier molecular flexibility index (Phi) is 2.78. The first-order chi connectivity index (χ1) is 6.45. The van der Waals surface area contributed by atoms with Gasteiger partial charge >= 0.3 is 12.1 Å². The zero-order chi connectivity index (χ0) is 10.8. The Hall–Kier alpha value is -1.52. The number of hydrogen-bond donors (Lipinski definition) is 0. The Labute approximate surface area is 78.3 Å². The number of alkyl halides is 3. The topological polar surface area (TPSA) is 26.3 Å². The Morgan fingerprint density at radius 2 is 1.71 bits per heavy atom. The van der Waals surface area contributed by atoms with Crippen molar-refractivity contribution in [3.63, 3.8) is 0 Å². The molecular formula is C9H7F3O2. The van der Waals surface area contributed by atoms with Crippen molar-refractivity contribution >= 4 is 5.97 Å². The predicted octanol–water partition coefficient (Wildman–Crippen LogP) is 2.49. The van der Waals surface area contributed by atoms with E-state index in [1.807, 2.05) is 0 Å². The van der Waals surface area contributed by atoms with Gasteiger partial charge in [-0.25, -0.2) is 4.79 Å². The van der Waals surface area contributed by atoms with Crippen LogP contribution in [0.5, 0.6) is 0 Å². The number of methoxy groups -OCH3 is 1. The lowest BCUT2D eigenvalue weighted by Gasteiger charge is -2.06. The van der Waals surface area contributed by atoms with Crippen molar-refractivity contribution in [2.24, 2.45) is 0 Å². The standard InChI is InChI=1S/C9H7F3O2/c1-14-8(13)6-2-4-7(5-3-6)9(10,11)12/h2-5H,1H3. The van der Waals surface area contributed by atoms with Crippen molar-refractivity contribution in [3.8, 4) is 0 Å². The van der Waals surface area contributed by atoms with Crippen LogP contribution < -0.4 is 0 Å². The summed E-state index contributed by atoms with van der Waals surface area (Å²) < 4.78 is 40.6. The number of esters is 1. The van der Waals surface area contributed by atoms with Crippen LogP contribution in [0.4, 0.5) is 13.2 Å². The van der Waals surface area contributed by atoms with Crippen molar-refractivity contribution in [1.29, 1.82) is 0 Å². The number of hydrogen-bond acceptors (Lipinski definition) is 2. The molecule has 0 radical (unpaired) electrons. The third-order valence-electron chi connectivity index (χ3n) is 1.63. The summed E-state index contributed by atoms with van der Waals surface area (Å²) in [6.07, 6.45) is -4.38. The second kappa shape index (κ2) is 3.69. The number of carbonyl (C=O) groups excluding carboxylic acids is 1. The van der Waals surface area contributed by atoms with Crippen molar-refractivity contribution in [1.82, 2.24) is 0 Å². The van der Waals surface area contributed by atoms with Gasteiger partial charge in [0.25, 0.3) is 0 Å². The summed E-state index contributed by atoms with van der Waals surface area (Å²) in [5.74, 6) is -0.654. The molecule has 0 bridgehead atoms. The molecule has 0 aliphatic rings. The molecular weight excluding hydrogens is 197 g/mol. The van der Waals surface area contributed by atoms with E-state index in [1.165, 1.54) is 7.11 Å². The fourth-order valence-electron chi connectivity index (χ4n) is 0.913. The van der Waals surface area contributed by atoms with Gasteiger partial charge in [-0.3, -0.25) is 0 Å². The number of carbonyl (C=O) groups is 1. The fourth-order valence-corrected chi connectivity index (χ4v) is 0.913. The van der Waals surface area contributed by atoms with Gasteiger partial charge in [-0.1, -0.05) is 0 Å². The molecule has 5 heteroatoms. The Morgan fingerprint density at radius 3 is 2.07 bits per heavy atom. The summed E-state index contributed by atoms with van der Waals surface area (Å²) in [5, 5.41) is 0. The van der Waals surface area contributed by atoms with Crippen LogP contribution in [0, 0.1) is 0 Å². The summed E-state index contributed by atoms with van der Waals surface area (Å²) in [6, 6.07) is 3.84. The Bertz CT molecular complexity index is 327. The zero-order valence-corrected chi connectivity index (χ0v) is 7.26. The highest BCUT2D eigenvalue weighted by Gasteiger charge is 2.30. The van der Waals surface area contributed by atoms with E-state index < -0.39 is 17.7 Å². The van der Waals surface area contributed by atoms with Gasteiger partial charge in [0.05, 0.1) is 18.2 Å². The average molecular weight is 204 g/mol. The van der Waals surface area contributed by atoms with E-state index in [0.29, 0.717) is 0 Å². The minimum Gasteiger partial charge on any atom is -0.465 e. The number of ether oxygens (including phenoxy) is 1. The van der Waals surface area contributed by atoms with Gasteiger partial charge in [0.2, 0.25) is 0 Å². The largest absolute Gasteiger partial charge is 0.465 e. The van der Waals surface area contributed by atoms with Crippen molar-refractivity contribution in [3.05, 3.63) is 35.4 Å². The first-order valence-electron chi connectivity index (χ1n) is 3.70. The summed E-state index contributed by atoms with van der Waals surface area (Å²) in [5.41, 5.74) is -0.689. The van der Waals surface area contributed by atoms with Crippen molar-refractivity contribution < 1.29 is 22.7 Å². The molecule has 0 atom stereocenters. The molecule has 0 saturated carbocycles. The van der Waals surface area contributed by atoms with Gasteiger partial charge in [0, 0.05) is 0 Å². The lowest BCUT2D eigenvalue weighted by atomic mass is 10.1. The molecule has 0 aliphatic carbocycles. The molecule has 1 rings (SSSR count). The maximum atomic E-state index is 12.1. The lowest BCUT2D eigenvalue weighted by Crippen LogP contribution is -2.06. The maximum Gasteiger partial charge on any atom is 0.416 e. The molecule has 0 fully saturated rings. The first kappa shape index (κ1) is 10.6. The van der Waals surface area contributed by atoms with E-state index in [9.17, 15) is 18.0 Å². The highest BCUT2D eigenvalue weighted by molar-refractivity contribution is 5.89. The highest BCUT2D eigenvalue weighted by Crippen LogP contribution is 2.29. The van der Waals surface area contributed by atoms with Crippen LogP contribution in [0.15, 0.2) is 24.3 Å². The van der Waals surface area contributed by atoms with Crippen LogP contribution in [0.1, 0.15) is 15.9 Å². The fraction of sp³-hybridized carbons (Fsp3) is 0.222. The van der Waals surface area contributed by atoms with Gasteiger partial charge in [-0.05, 0) is 24.3 Å². The minimum absolute atomic E-state index is 0.0977. The SMILES string of the molecule is COC(=O)c1ccc(C(F)(F)F)cc1. The summed E-state index contributed by atoms with van der Waals surface area (Å²) in [6.45, 7) is 0. The molecule has 2 nitrogen and oxygen atoms in total. The predicted molar refractivity (Wildman–Crippen MR) is 42.8 cm³/mol. The molecule has 0 spiro atoms. The second-order valence-electron chi connectivity index (χ2n) is 2.57. The quantitative estimate of drug-likeness (QED) is 0.657. The molecule has 0 N–H and O–H groups in total. The molecule has 0 saturated heterocycles. The monoisotopic (exact) mass is 204 g/mol. The number of benzene rings is 1. The summed E-state index contributed by atoms with van der Waals surface area (Å²) in [4.78, 5) is 10.9. The molecule has 1 aromatic rings. The smallest absolute Gasteiger partial charge is 0.416 e. The van der Waals surface area contributed by atoms with Gasteiger partial charge in [-0.2, -0.15) is 13.2 Å². The molecule has 0 aliphatic heterocycles. The molecule has 0 aromatic heterocycles. The van der Waals surface area contributed by atoms with E-state index in [0.717, 1.165) is 24.3 Å². The van der Waals surface area contributed by atoms with E-state index >= 15 is 0 Å². The van der Waals surface area contributed by atoms with Crippen LogP contribution in [0.2, 0.25) is 0 Å². The van der Waals surface area contributed by atoms with E-state index in [-0.39, 0.29) is 5.56 Å². The average Bonchev–Trinajstić information content (AvgIpc) is 2.15. The van der Waals surface area contributed by atoms with Crippen LogP contribution in [0.25, 0.3) is 0 Å². The summed E-state index contributed by atoms with van der Waals surface area (Å²) >= 11 is 0. The lowest BCUT2D eigenvalue weighted by molar-refractivity contribution is -0.137. The zero-order valence-electron chi connectivity index (χ0n) is 7.26. The third kappa shape index (κ3) is 2.25. The summed E-state index contributed by atoms with van der Waals surface area (Å²) in [7, 11) is 1.17. The maximum absolute atomic E-state index is 12.1. The molecule has 76 valence electrons. The highest BCUT2D eigenvalue weighted by atomic mass is 19.4. The molecule has 14 heavy (non-hydrogen) atoms. The van der Waals surface area contributed by atoms with E-state index in [2.05, 4.69) is 4.74 Å². The van der Waals surface area contributed by atoms with Crippen LogP contribution in [-0.2, 0) is 10.9 Å². The van der Waals surface area contributed by atoms with Gasteiger partial charge in [0.15, 0.2) is 0 Å². The van der Waals surface area contributed by atoms with Crippen molar-refractivity contribution in [2.75, 3.05) is 7.11 Å². The number of halogens is 3. The van der Waals surface area contributed by atoms with E-state index in [1.54, 1.807) is 0 Å². The normalized spacial score (nSPS) is 11.1. The molecule has 1 aromatic carbocycles. The van der Waals surface area contributed by atoms with E-state index in [4.69, 9.17) is 0 Å². The minimum atomic E-state index is -4.38. The molecule has 0 heterocycles. The Balaban J connectivity index is 2.95. The van der Waals surface area contributed by atoms with Gasteiger partial charge in [0.1, 0.15) is 0 Å². The third-order valence-corrected chi connectivity index (χ3v) is 1.63. The van der Waals surface area contributed by atoms with Crippen molar-refractivity contribution in [2.45, 2.75) is 6.18 Å². The Morgan fingerprint density at radius 1 is 1.21 bits per heavy atom. The molecule has 0 amide bonds. The van der Waals surface area contributed by atoms with Crippen LogP contribution in [0.3, 0.4) is 0 Å².